The molecule has 7 nitrogen and oxygen atoms in total. The molecule has 0 aliphatic rings. The maximum Gasteiger partial charge on any atom is 0.264 e. The van der Waals surface area contributed by atoms with Crippen molar-refractivity contribution in [3.63, 3.8) is 0 Å². The molecule has 0 unspecified atom stereocenters. The Balaban J connectivity index is 2.06. The number of halogens is 1. The Bertz CT molecular complexity index is 1080. The molecule has 0 aromatic heterocycles. The van der Waals surface area contributed by atoms with E-state index in [1.54, 1.807) is 0 Å². The average Bonchev–Trinajstić information content (AvgIpc) is 2.65. The first-order chi connectivity index (χ1) is 13.1. The Morgan fingerprint density at radius 3 is 2.29 bits per heavy atom. The number of sulfonamides is 2. The van der Waals surface area contributed by atoms with E-state index in [1.807, 2.05) is 11.6 Å². The highest BCUT2D eigenvalue weighted by Gasteiger charge is 2.16. The van der Waals surface area contributed by atoms with Crippen LogP contribution >= 0.6 is 11.6 Å². The van der Waals surface area contributed by atoms with E-state index in [0.717, 1.165) is 6.08 Å². The first kappa shape index (κ1) is 22.1. The summed E-state index contributed by atoms with van der Waals surface area (Å²) in [5.41, 5.74) is 0.532. The number of carbonyl (C=O) groups excluding carboxylic acids is 1. The molecule has 1 amide bonds. The van der Waals surface area contributed by atoms with E-state index >= 15 is 0 Å². The molecule has 0 aliphatic carbocycles. The lowest BCUT2D eigenvalue weighted by Gasteiger charge is -2.06. The molecule has 2 aromatic carbocycles. The Morgan fingerprint density at radius 1 is 1.00 bits per heavy atom. The zero-order valence-corrected chi connectivity index (χ0v) is 17.3. The van der Waals surface area contributed by atoms with Gasteiger partial charge in [0.05, 0.1) is 9.79 Å². The second-order valence-electron chi connectivity index (χ2n) is 5.73. The molecule has 150 valence electrons. The largest absolute Gasteiger partial charge is 0.269 e. The monoisotopic (exact) mass is 442 g/mol. The second-order valence-corrected chi connectivity index (χ2v) is 9.61. The van der Waals surface area contributed by atoms with E-state index in [-0.39, 0.29) is 14.8 Å². The van der Waals surface area contributed by atoms with Crippen LogP contribution in [0.5, 0.6) is 0 Å². The van der Waals surface area contributed by atoms with Crippen LogP contribution < -0.4 is 9.44 Å². The van der Waals surface area contributed by atoms with Gasteiger partial charge >= 0.3 is 0 Å². The van der Waals surface area contributed by atoms with Crippen LogP contribution in [0.4, 0.5) is 0 Å². The summed E-state index contributed by atoms with van der Waals surface area (Å²) < 4.78 is 52.7. The molecule has 0 atom stereocenters. The van der Waals surface area contributed by atoms with E-state index in [9.17, 15) is 21.6 Å². The molecule has 0 bridgehead atoms. The molecule has 2 rings (SSSR count). The predicted molar refractivity (Wildman–Crippen MR) is 108 cm³/mol. The highest BCUT2D eigenvalue weighted by atomic mass is 35.5. The van der Waals surface area contributed by atoms with Crippen LogP contribution in [0.25, 0.3) is 6.08 Å². The van der Waals surface area contributed by atoms with E-state index < -0.39 is 26.0 Å². The molecule has 0 fully saturated rings. The summed E-state index contributed by atoms with van der Waals surface area (Å²) in [6.07, 6.45) is 3.09. The van der Waals surface area contributed by atoms with Crippen molar-refractivity contribution in [3.05, 3.63) is 65.2 Å². The van der Waals surface area contributed by atoms with E-state index in [4.69, 9.17) is 11.6 Å². The van der Waals surface area contributed by atoms with Crippen molar-refractivity contribution in [1.82, 2.24) is 9.44 Å². The molecule has 2 aromatic rings. The zero-order chi connectivity index (χ0) is 20.8. The van der Waals surface area contributed by atoms with Crippen LogP contribution in [-0.4, -0.2) is 29.3 Å². The quantitative estimate of drug-likeness (QED) is 0.610. The second kappa shape index (κ2) is 9.33. The van der Waals surface area contributed by atoms with Gasteiger partial charge in [-0.2, -0.15) is 0 Å². The van der Waals surface area contributed by atoms with Crippen molar-refractivity contribution in [2.75, 3.05) is 6.54 Å². The lowest BCUT2D eigenvalue weighted by Crippen LogP contribution is -2.28. The molecule has 0 radical (unpaired) electrons. The Morgan fingerprint density at radius 2 is 1.68 bits per heavy atom. The fourth-order valence-electron chi connectivity index (χ4n) is 2.11. The van der Waals surface area contributed by atoms with Gasteiger partial charge in [0.15, 0.2) is 0 Å². The standard InChI is InChI=1S/C18H19ClN2O5S2/c1-2-12-20-27(23,24)16-9-6-14(7-10-16)8-11-18(22)21-28(25,26)17-5-3-4-15(19)13-17/h3-11,13,20H,2,12H2,1H3,(H,21,22)/b11-8+. The van der Waals surface area contributed by atoms with E-state index in [2.05, 4.69) is 4.72 Å². The van der Waals surface area contributed by atoms with Gasteiger partial charge in [0.2, 0.25) is 10.0 Å². The molecule has 0 spiro atoms. The van der Waals surface area contributed by atoms with Gasteiger partial charge in [-0.25, -0.2) is 26.3 Å². The molecule has 0 saturated carbocycles. The minimum Gasteiger partial charge on any atom is -0.269 e. The minimum atomic E-state index is -4.04. The highest BCUT2D eigenvalue weighted by Crippen LogP contribution is 2.15. The third-order valence-corrected chi connectivity index (χ3v) is 6.56. The van der Waals surface area contributed by atoms with Gasteiger partial charge in [0, 0.05) is 17.6 Å². The van der Waals surface area contributed by atoms with Gasteiger partial charge in [-0.1, -0.05) is 36.7 Å². The molecular formula is C18H19ClN2O5S2. The molecular weight excluding hydrogens is 424 g/mol. The van der Waals surface area contributed by atoms with Crippen LogP contribution in [0.15, 0.2) is 64.4 Å². The SMILES string of the molecule is CCCNS(=O)(=O)c1ccc(/C=C/C(=O)NS(=O)(=O)c2cccc(Cl)c2)cc1. The highest BCUT2D eigenvalue weighted by molar-refractivity contribution is 7.90. The number of carbonyl (C=O) groups is 1. The predicted octanol–water partition coefficient (Wildman–Crippen LogP) is 2.55. The number of amides is 1. The van der Waals surface area contributed by atoms with Gasteiger partial charge < -0.3 is 0 Å². The number of rotatable bonds is 8. The summed E-state index contributed by atoms with van der Waals surface area (Å²) in [7, 11) is -7.62. The molecule has 0 heterocycles. The number of hydrogen-bond acceptors (Lipinski definition) is 5. The topological polar surface area (TPSA) is 109 Å². The zero-order valence-electron chi connectivity index (χ0n) is 14.9. The fraction of sp³-hybridized carbons (Fsp3) is 0.167. The molecule has 0 saturated heterocycles. The number of hydrogen-bond donors (Lipinski definition) is 2. The van der Waals surface area contributed by atoms with Crippen molar-refractivity contribution < 1.29 is 21.6 Å². The van der Waals surface area contributed by atoms with Crippen molar-refractivity contribution in [3.8, 4) is 0 Å². The Hall–Kier alpha value is -2.20. The maximum absolute atomic E-state index is 12.1. The van der Waals surface area contributed by atoms with Crippen LogP contribution in [0, 0.1) is 0 Å². The average molecular weight is 443 g/mol. The minimum absolute atomic E-state index is 0.103. The van der Waals surface area contributed by atoms with Gasteiger partial charge in [-0.05, 0) is 48.4 Å². The molecule has 28 heavy (non-hydrogen) atoms. The smallest absolute Gasteiger partial charge is 0.264 e. The van der Waals surface area contributed by atoms with Gasteiger partial charge in [-0.3, -0.25) is 4.79 Å². The fourth-order valence-corrected chi connectivity index (χ4v) is 4.49. The normalized spacial score (nSPS) is 12.2. The third-order valence-electron chi connectivity index (χ3n) is 3.50. The summed E-state index contributed by atoms with van der Waals surface area (Å²) in [5.74, 6) is -0.846. The Labute approximate surface area is 169 Å². The Kier molecular flexibility index (Phi) is 7.36. The van der Waals surface area contributed by atoms with E-state index in [1.165, 1.54) is 54.6 Å². The van der Waals surface area contributed by atoms with Crippen LogP contribution in [0.1, 0.15) is 18.9 Å². The summed E-state index contributed by atoms with van der Waals surface area (Å²) >= 11 is 5.76. The van der Waals surface area contributed by atoms with E-state index in [0.29, 0.717) is 18.5 Å². The van der Waals surface area contributed by atoms with Crippen molar-refractivity contribution in [2.24, 2.45) is 0 Å². The van der Waals surface area contributed by atoms with Crippen LogP contribution in [0.3, 0.4) is 0 Å². The summed E-state index contributed by atoms with van der Waals surface area (Å²) in [6.45, 7) is 2.19. The van der Waals surface area contributed by atoms with Gasteiger partial charge in [-0.15, -0.1) is 0 Å². The van der Waals surface area contributed by atoms with Crippen molar-refractivity contribution >= 4 is 43.6 Å². The van der Waals surface area contributed by atoms with Gasteiger partial charge in [0.1, 0.15) is 0 Å². The summed E-state index contributed by atoms with van der Waals surface area (Å²) in [6, 6.07) is 11.3. The van der Waals surface area contributed by atoms with Crippen LogP contribution in [0.2, 0.25) is 5.02 Å². The number of nitrogens with one attached hydrogen (secondary N) is 2. The summed E-state index contributed by atoms with van der Waals surface area (Å²) in [5, 5.41) is 0.231. The first-order valence-corrected chi connectivity index (χ1v) is 11.6. The van der Waals surface area contributed by atoms with Gasteiger partial charge in [0.25, 0.3) is 15.9 Å². The summed E-state index contributed by atoms with van der Waals surface area (Å²) in [4.78, 5) is 11.9. The first-order valence-electron chi connectivity index (χ1n) is 8.24. The lowest BCUT2D eigenvalue weighted by atomic mass is 10.2. The number of benzene rings is 2. The molecule has 10 heteroatoms. The third kappa shape index (κ3) is 6.16. The van der Waals surface area contributed by atoms with Crippen molar-refractivity contribution in [2.45, 2.75) is 23.1 Å². The molecule has 2 N–H and O–H groups in total. The molecule has 0 aliphatic heterocycles. The van der Waals surface area contributed by atoms with Crippen molar-refractivity contribution in [1.29, 1.82) is 0 Å². The van der Waals surface area contributed by atoms with Crippen LogP contribution in [-0.2, 0) is 24.8 Å². The lowest BCUT2D eigenvalue weighted by molar-refractivity contribution is -0.114. The maximum atomic E-state index is 12.1.